The van der Waals surface area contributed by atoms with Crippen LogP contribution in [0.4, 0.5) is 0 Å². The largest absolute Gasteiger partial charge is 0.462 e. The Bertz CT molecular complexity index is 290. The lowest BCUT2D eigenvalue weighted by molar-refractivity contribution is -0.163. The fourth-order valence-corrected chi connectivity index (χ4v) is 1.93. The number of aliphatic hydroxyl groups excluding tert-OH is 3. The lowest BCUT2D eigenvalue weighted by Gasteiger charge is -2.28. The van der Waals surface area contributed by atoms with Crippen molar-refractivity contribution in [3.63, 3.8) is 0 Å². The van der Waals surface area contributed by atoms with Gasteiger partial charge in [-0.3, -0.25) is 4.79 Å². The molecule has 0 aromatic heterocycles. The number of aliphatic hydroxyl groups is 3. The first-order valence-corrected chi connectivity index (χ1v) is 7.90. The number of cyclic esters (lactones) is 1. The fourth-order valence-electron chi connectivity index (χ4n) is 1.93. The Balaban J connectivity index is 0.000000384. The number of hydrogen-bond donors (Lipinski definition) is 3. The van der Waals surface area contributed by atoms with Crippen LogP contribution in [0, 0.1) is 11.8 Å². The van der Waals surface area contributed by atoms with Gasteiger partial charge < -0.3 is 20.1 Å². The summed E-state index contributed by atoms with van der Waals surface area (Å²) in [5.41, 5.74) is 0. The zero-order chi connectivity index (χ0) is 16.6. The van der Waals surface area contributed by atoms with Gasteiger partial charge in [0, 0.05) is 6.42 Å². The highest BCUT2D eigenvalue weighted by atomic mass is 16.5. The molecular formula is C16H32O5. The Morgan fingerprint density at radius 2 is 1.81 bits per heavy atom. The third kappa shape index (κ3) is 9.06. The quantitative estimate of drug-likeness (QED) is 0.675. The average Bonchev–Trinajstić information content (AvgIpc) is 2.37. The minimum absolute atomic E-state index is 0.0914. The minimum atomic E-state index is -0.497. The van der Waals surface area contributed by atoms with E-state index in [1.807, 2.05) is 34.6 Å². The van der Waals surface area contributed by atoms with E-state index in [1.54, 1.807) is 0 Å². The summed E-state index contributed by atoms with van der Waals surface area (Å²) in [5.74, 6) is 0.276. The highest BCUT2D eigenvalue weighted by Gasteiger charge is 2.28. The predicted octanol–water partition coefficient (Wildman–Crippen LogP) is 1.87. The van der Waals surface area contributed by atoms with E-state index < -0.39 is 6.10 Å². The molecule has 3 N–H and O–H groups in total. The van der Waals surface area contributed by atoms with Crippen molar-refractivity contribution in [2.45, 2.75) is 84.7 Å². The second-order valence-corrected chi connectivity index (χ2v) is 6.48. The summed E-state index contributed by atoms with van der Waals surface area (Å²) in [6.07, 6.45) is 0.701. The molecule has 5 nitrogen and oxygen atoms in total. The van der Waals surface area contributed by atoms with E-state index in [9.17, 15) is 15.0 Å². The second-order valence-electron chi connectivity index (χ2n) is 6.48. The Hall–Kier alpha value is -0.650. The average molecular weight is 304 g/mol. The topological polar surface area (TPSA) is 87.0 Å². The summed E-state index contributed by atoms with van der Waals surface area (Å²) in [6.45, 7) is 9.78. The monoisotopic (exact) mass is 304 g/mol. The Morgan fingerprint density at radius 3 is 2.19 bits per heavy atom. The number of rotatable bonds is 5. The maximum atomic E-state index is 10.8. The normalized spacial score (nSPS) is 25.1. The highest BCUT2D eigenvalue weighted by molar-refractivity contribution is 5.70. The summed E-state index contributed by atoms with van der Waals surface area (Å²) in [6, 6.07) is 0. The molecule has 1 heterocycles. The molecule has 0 bridgehead atoms. The lowest BCUT2D eigenvalue weighted by atomic mass is 9.97. The maximum Gasteiger partial charge on any atom is 0.308 e. The number of hydrogen-bond acceptors (Lipinski definition) is 5. The van der Waals surface area contributed by atoms with Crippen LogP contribution in [0.25, 0.3) is 0 Å². The Labute approximate surface area is 128 Å². The van der Waals surface area contributed by atoms with Crippen molar-refractivity contribution < 1.29 is 24.9 Å². The van der Waals surface area contributed by atoms with E-state index in [-0.39, 0.29) is 36.6 Å². The first-order chi connectivity index (χ1) is 9.67. The molecule has 0 aromatic carbocycles. The third-order valence-electron chi connectivity index (χ3n) is 3.69. The van der Waals surface area contributed by atoms with Crippen LogP contribution in [0.15, 0.2) is 0 Å². The predicted molar refractivity (Wildman–Crippen MR) is 81.7 cm³/mol. The van der Waals surface area contributed by atoms with Gasteiger partial charge >= 0.3 is 5.97 Å². The van der Waals surface area contributed by atoms with Crippen molar-refractivity contribution >= 4 is 5.97 Å². The summed E-state index contributed by atoms with van der Waals surface area (Å²) >= 11 is 0. The third-order valence-corrected chi connectivity index (χ3v) is 3.69. The zero-order valence-electron chi connectivity index (χ0n) is 14.0. The van der Waals surface area contributed by atoms with Crippen molar-refractivity contribution in [2.24, 2.45) is 11.8 Å². The molecule has 126 valence electrons. The molecule has 0 spiro atoms. The standard InChI is InChI=1S/C8H14O3.C8H18O2/c1-5(2)7-3-6(9)4-8(10)11-7;1-4-7(9)5-8(10)6(2)3/h5-7,9H,3-4H2,1-2H3;6-10H,4-5H2,1-3H3. The van der Waals surface area contributed by atoms with Crippen LogP contribution in [-0.4, -0.2) is 45.7 Å². The van der Waals surface area contributed by atoms with Gasteiger partial charge in [0.05, 0.1) is 24.7 Å². The molecule has 1 rings (SSSR count). The molecule has 21 heavy (non-hydrogen) atoms. The highest BCUT2D eigenvalue weighted by Crippen LogP contribution is 2.20. The first kappa shape index (κ1) is 20.3. The lowest BCUT2D eigenvalue weighted by Crippen LogP contribution is -2.35. The van der Waals surface area contributed by atoms with Crippen LogP contribution in [0.2, 0.25) is 0 Å². The molecule has 1 aliphatic rings. The van der Waals surface area contributed by atoms with E-state index in [1.165, 1.54) is 0 Å². The first-order valence-electron chi connectivity index (χ1n) is 7.90. The minimum Gasteiger partial charge on any atom is -0.462 e. The van der Waals surface area contributed by atoms with Gasteiger partial charge in [-0.2, -0.15) is 0 Å². The van der Waals surface area contributed by atoms with Crippen LogP contribution in [0.5, 0.6) is 0 Å². The van der Waals surface area contributed by atoms with Crippen molar-refractivity contribution in [3.05, 3.63) is 0 Å². The number of carbonyl (C=O) groups is 1. The molecule has 1 fully saturated rings. The van der Waals surface area contributed by atoms with Crippen LogP contribution >= 0.6 is 0 Å². The van der Waals surface area contributed by atoms with Gasteiger partial charge in [-0.25, -0.2) is 0 Å². The molecule has 4 unspecified atom stereocenters. The molecule has 1 saturated heterocycles. The summed E-state index contributed by atoms with van der Waals surface area (Å²) in [7, 11) is 0. The second kappa shape index (κ2) is 10.1. The Morgan fingerprint density at radius 1 is 1.24 bits per heavy atom. The van der Waals surface area contributed by atoms with Crippen LogP contribution in [0.3, 0.4) is 0 Å². The smallest absolute Gasteiger partial charge is 0.308 e. The van der Waals surface area contributed by atoms with Gasteiger partial charge in [0.15, 0.2) is 0 Å². The molecule has 0 aromatic rings. The SMILES string of the molecule is CC(C)C1CC(O)CC(=O)O1.CCC(O)CC(O)C(C)C. The van der Waals surface area contributed by atoms with E-state index in [4.69, 9.17) is 9.84 Å². The summed E-state index contributed by atoms with van der Waals surface area (Å²) < 4.78 is 5.02. The maximum absolute atomic E-state index is 10.8. The van der Waals surface area contributed by atoms with E-state index in [2.05, 4.69) is 0 Å². The number of carbonyl (C=O) groups excluding carboxylic acids is 1. The van der Waals surface area contributed by atoms with E-state index in [0.717, 1.165) is 6.42 Å². The molecule has 0 saturated carbocycles. The van der Waals surface area contributed by atoms with Crippen molar-refractivity contribution in [2.75, 3.05) is 0 Å². The van der Waals surface area contributed by atoms with Gasteiger partial charge in [0.2, 0.25) is 0 Å². The van der Waals surface area contributed by atoms with Gasteiger partial charge in [-0.05, 0) is 24.7 Å². The van der Waals surface area contributed by atoms with Crippen LogP contribution in [-0.2, 0) is 9.53 Å². The molecule has 1 aliphatic heterocycles. The van der Waals surface area contributed by atoms with E-state index in [0.29, 0.717) is 18.8 Å². The molecule has 0 amide bonds. The summed E-state index contributed by atoms with van der Waals surface area (Å²) in [5, 5.41) is 27.6. The van der Waals surface area contributed by atoms with Crippen molar-refractivity contribution in [1.82, 2.24) is 0 Å². The van der Waals surface area contributed by atoms with Gasteiger partial charge in [0.1, 0.15) is 6.10 Å². The van der Waals surface area contributed by atoms with Gasteiger partial charge in [-0.1, -0.05) is 34.6 Å². The van der Waals surface area contributed by atoms with Crippen LogP contribution in [0.1, 0.15) is 60.3 Å². The van der Waals surface area contributed by atoms with Crippen molar-refractivity contribution in [3.8, 4) is 0 Å². The van der Waals surface area contributed by atoms with Crippen molar-refractivity contribution in [1.29, 1.82) is 0 Å². The fraction of sp³-hybridized carbons (Fsp3) is 0.938. The van der Waals surface area contributed by atoms with Gasteiger partial charge in [-0.15, -0.1) is 0 Å². The summed E-state index contributed by atoms with van der Waals surface area (Å²) in [4.78, 5) is 10.8. The molecule has 5 heteroatoms. The molecule has 4 atom stereocenters. The van der Waals surface area contributed by atoms with Gasteiger partial charge in [0.25, 0.3) is 0 Å². The number of esters is 1. The van der Waals surface area contributed by atoms with Crippen LogP contribution < -0.4 is 0 Å². The molecule has 0 radical (unpaired) electrons. The number of ether oxygens (including phenoxy) is 1. The Kier molecular flexibility index (Phi) is 9.83. The molecule has 0 aliphatic carbocycles. The zero-order valence-corrected chi connectivity index (χ0v) is 14.0. The molecular weight excluding hydrogens is 272 g/mol. The van der Waals surface area contributed by atoms with E-state index >= 15 is 0 Å².